The minimum atomic E-state index is -0.946. The number of benzene rings is 1. The summed E-state index contributed by atoms with van der Waals surface area (Å²) in [6, 6.07) is 6.97. The van der Waals surface area contributed by atoms with E-state index in [4.69, 9.17) is 0 Å². The molecule has 1 aliphatic carbocycles. The van der Waals surface area contributed by atoms with E-state index in [2.05, 4.69) is 5.32 Å². The van der Waals surface area contributed by atoms with E-state index in [-0.39, 0.29) is 38.2 Å². The Labute approximate surface area is 130 Å². The molecule has 22 heavy (non-hydrogen) atoms. The van der Waals surface area contributed by atoms with Gasteiger partial charge in [0.2, 0.25) is 11.8 Å². The van der Waals surface area contributed by atoms with Crippen LogP contribution in [-0.4, -0.2) is 23.4 Å². The van der Waals surface area contributed by atoms with Gasteiger partial charge >= 0.3 is 0 Å². The van der Waals surface area contributed by atoms with E-state index < -0.39 is 17.7 Å². The highest BCUT2D eigenvalue weighted by molar-refractivity contribution is 6.18. The number of piperidine rings is 1. The molecule has 1 N–H and O–H groups in total. The molecule has 2 atom stereocenters. The second kappa shape index (κ2) is 6.64. The lowest BCUT2D eigenvalue weighted by Gasteiger charge is -2.30. The molecule has 1 aromatic carbocycles. The predicted octanol–water partition coefficient (Wildman–Crippen LogP) is 1.94. The summed E-state index contributed by atoms with van der Waals surface area (Å²) in [5.74, 6) is -3.05. The fourth-order valence-corrected chi connectivity index (χ4v) is 2.96. The Morgan fingerprint density at radius 3 is 2.45 bits per heavy atom. The van der Waals surface area contributed by atoms with E-state index in [1.807, 2.05) is 13.8 Å². The third kappa shape index (κ3) is 2.84. The Morgan fingerprint density at radius 1 is 1.09 bits per heavy atom. The predicted molar refractivity (Wildman–Crippen MR) is 82.3 cm³/mol. The maximum atomic E-state index is 12.5. The summed E-state index contributed by atoms with van der Waals surface area (Å²) in [6.07, 6.45) is 0.606. The number of amides is 2. The van der Waals surface area contributed by atoms with Crippen molar-refractivity contribution in [3.63, 3.8) is 0 Å². The van der Waals surface area contributed by atoms with Crippen LogP contribution in [0.3, 0.4) is 0 Å². The van der Waals surface area contributed by atoms with Crippen LogP contribution in [0, 0.1) is 11.8 Å². The van der Waals surface area contributed by atoms with Crippen LogP contribution in [0.25, 0.3) is 0 Å². The van der Waals surface area contributed by atoms with Crippen molar-refractivity contribution in [2.75, 3.05) is 0 Å². The molecule has 0 aromatic heterocycles. The minimum absolute atomic E-state index is 0. The van der Waals surface area contributed by atoms with Crippen LogP contribution < -0.4 is 5.32 Å². The average Bonchev–Trinajstić information content (AvgIpc) is 2.51. The van der Waals surface area contributed by atoms with E-state index in [1.54, 1.807) is 24.3 Å². The molecule has 5 heteroatoms. The van der Waals surface area contributed by atoms with Crippen LogP contribution >= 0.6 is 0 Å². The molecule has 1 aliphatic heterocycles. The molecule has 1 saturated heterocycles. The molecule has 2 aliphatic rings. The molecule has 0 bridgehead atoms. The second-order valence-electron chi connectivity index (χ2n) is 5.20. The van der Waals surface area contributed by atoms with Gasteiger partial charge in [0.25, 0.3) is 0 Å². The van der Waals surface area contributed by atoms with E-state index in [1.165, 1.54) is 0 Å². The molecule has 118 valence electrons. The number of carbonyl (C=O) groups excluding carboxylic acids is 4. The highest BCUT2D eigenvalue weighted by Gasteiger charge is 2.44. The quantitative estimate of drug-likeness (QED) is 0.635. The van der Waals surface area contributed by atoms with Crippen LogP contribution in [0.4, 0.5) is 0 Å². The van der Waals surface area contributed by atoms with Gasteiger partial charge < -0.3 is 0 Å². The normalized spacial score (nSPS) is 24.1. The Morgan fingerprint density at radius 2 is 1.77 bits per heavy atom. The maximum absolute atomic E-state index is 12.5. The highest BCUT2D eigenvalue weighted by atomic mass is 16.2. The first-order valence-electron chi connectivity index (χ1n) is 7.56. The summed E-state index contributed by atoms with van der Waals surface area (Å²) >= 11 is 0. The van der Waals surface area contributed by atoms with Gasteiger partial charge in [0.1, 0.15) is 5.78 Å². The summed E-state index contributed by atoms with van der Waals surface area (Å²) in [4.78, 5) is 47.7. The zero-order valence-corrected chi connectivity index (χ0v) is 12.7. The van der Waals surface area contributed by atoms with Gasteiger partial charge in [-0.05, 0) is 12.0 Å². The maximum Gasteiger partial charge on any atom is 0.230 e. The molecule has 0 spiro atoms. The van der Waals surface area contributed by atoms with E-state index in [0.29, 0.717) is 11.1 Å². The van der Waals surface area contributed by atoms with Gasteiger partial charge in [-0.3, -0.25) is 24.5 Å². The SMILES string of the molecule is CC.O=C1CCC(C2C(=O)Cc3ccccc3C2=O)C(=O)N1.[HH]. The van der Waals surface area contributed by atoms with Gasteiger partial charge in [0.15, 0.2) is 5.78 Å². The number of Topliss-reactive ketones (excluding diaryl/α,β-unsaturated/α-hetero) is 2. The molecule has 0 saturated carbocycles. The van der Waals surface area contributed by atoms with Gasteiger partial charge in [-0.25, -0.2) is 0 Å². The van der Waals surface area contributed by atoms with Crippen molar-refractivity contribution in [1.29, 1.82) is 0 Å². The highest BCUT2D eigenvalue weighted by Crippen LogP contribution is 2.31. The van der Waals surface area contributed by atoms with Crippen LogP contribution in [0.15, 0.2) is 24.3 Å². The van der Waals surface area contributed by atoms with Crippen LogP contribution in [-0.2, 0) is 20.8 Å². The molecule has 1 fully saturated rings. The number of fused-ring (bicyclic) bond motifs is 1. The summed E-state index contributed by atoms with van der Waals surface area (Å²) in [6.45, 7) is 4.00. The molecule has 1 aromatic rings. The number of nitrogens with one attached hydrogen (secondary N) is 1. The number of carbonyl (C=O) groups is 4. The standard InChI is InChI=1S/C15H13NO4.C2H6.H2/c17-11-7-8-3-1-2-4-9(8)14(19)13(11)10-5-6-12(18)16-15(10)20;1-2;/h1-4,10,13H,5-7H2,(H,16,18,20);1-2H3;1H. The fourth-order valence-electron chi connectivity index (χ4n) is 2.96. The van der Waals surface area contributed by atoms with Gasteiger partial charge in [0, 0.05) is 19.8 Å². The van der Waals surface area contributed by atoms with E-state index in [0.717, 1.165) is 0 Å². The first-order chi connectivity index (χ1) is 10.6. The van der Waals surface area contributed by atoms with Crippen molar-refractivity contribution >= 4 is 23.4 Å². The second-order valence-corrected chi connectivity index (χ2v) is 5.20. The Balaban J connectivity index is 0.000000849. The number of hydrogen-bond donors (Lipinski definition) is 1. The van der Waals surface area contributed by atoms with Crippen molar-refractivity contribution in [1.82, 2.24) is 5.32 Å². The number of rotatable bonds is 1. The smallest absolute Gasteiger partial charge is 0.230 e. The number of hydrogen-bond acceptors (Lipinski definition) is 4. The number of ketones is 2. The van der Waals surface area contributed by atoms with Gasteiger partial charge in [-0.1, -0.05) is 38.1 Å². The molecule has 0 radical (unpaired) electrons. The van der Waals surface area contributed by atoms with Crippen molar-refractivity contribution in [2.24, 2.45) is 11.8 Å². The Bertz CT molecular complexity index is 641. The lowest BCUT2D eigenvalue weighted by molar-refractivity contribution is -0.140. The molecule has 2 unspecified atom stereocenters. The van der Waals surface area contributed by atoms with Crippen LogP contribution in [0.2, 0.25) is 0 Å². The van der Waals surface area contributed by atoms with Crippen LogP contribution in [0.5, 0.6) is 0 Å². The fraction of sp³-hybridized carbons (Fsp3) is 0.412. The third-order valence-corrected chi connectivity index (χ3v) is 3.96. The lowest BCUT2D eigenvalue weighted by atomic mass is 9.72. The zero-order chi connectivity index (χ0) is 16.3. The average molecular weight is 303 g/mol. The third-order valence-electron chi connectivity index (χ3n) is 3.96. The largest absolute Gasteiger partial charge is 0.298 e. The molecular weight excluding hydrogens is 282 g/mol. The first kappa shape index (κ1) is 16.1. The Kier molecular flexibility index (Phi) is 4.85. The summed E-state index contributed by atoms with van der Waals surface area (Å²) < 4.78 is 0. The van der Waals surface area contributed by atoms with Crippen molar-refractivity contribution in [2.45, 2.75) is 33.1 Å². The minimum Gasteiger partial charge on any atom is -0.298 e. The summed E-state index contributed by atoms with van der Waals surface area (Å²) in [7, 11) is 0. The van der Waals surface area contributed by atoms with Crippen molar-refractivity contribution in [3.8, 4) is 0 Å². The molecule has 2 amide bonds. The lowest BCUT2D eigenvalue weighted by Crippen LogP contribution is -2.49. The monoisotopic (exact) mass is 303 g/mol. The Hall–Kier alpha value is -2.30. The van der Waals surface area contributed by atoms with Crippen molar-refractivity contribution in [3.05, 3.63) is 35.4 Å². The molecule has 1 heterocycles. The summed E-state index contributed by atoms with van der Waals surface area (Å²) in [5.41, 5.74) is 1.23. The molecular formula is C17H21NO4. The summed E-state index contributed by atoms with van der Waals surface area (Å²) in [5, 5.41) is 2.21. The topological polar surface area (TPSA) is 80.3 Å². The molecule has 3 rings (SSSR count). The zero-order valence-electron chi connectivity index (χ0n) is 12.7. The van der Waals surface area contributed by atoms with Crippen LogP contribution in [0.1, 0.15) is 44.0 Å². The van der Waals surface area contributed by atoms with E-state index in [9.17, 15) is 19.2 Å². The van der Waals surface area contributed by atoms with E-state index >= 15 is 0 Å². The van der Waals surface area contributed by atoms with Gasteiger partial charge in [0.05, 0.1) is 11.8 Å². The van der Waals surface area contributed by atoms with Gasteiger partial charge in [-0.15, -0.1) is 0 Å². The van der Waals surface area contributed by atoms with Gasteiger partial charge in [-0.2, -0.15) is 0 Å². The number of imide groups is 1. The van der Waals surface area contributed by atoms with Crippen molar-refractivity contribution < 1.29 is 20.6 Å². The first-order valence-corrected chi connectivity index (χ1v) is 7.56. The molecule has 5 nitrogen and oxygen atoms in total.